The highest BCUT2D eigenvalue weighted by molar-refractivity contribution is 5.42. The maximum absolute atomic E-state index is 4.39. The number of nitrogens with one attached hydrogen (secondary N) is 1. The van der Waals surface area contributed by atoms with Crippen LogP contribution in [0.2, 0.25) is 0 Å². The highest BCUT2D eigenvalue weighted by Crippen LogP contribution is 2.09. The summed E-state index contributed by atoms with van der Waals surface area (Å²) in [6.07, 6.45) is 3.50. The van der Waals surface area contributed by atoms with Gasteiger partial charge in [-0.05, 0) is 13.8 Å². The molecule has 0 unspecified atom stereocenters. The second-order valence-corrected chi connectivity index (χ2v) is 2.81. The Morgan fingerprint density at radius 3 is 2.77 bits per heavy atom. The normalized spacial score (nSPS) is 9.77. The van der Waals surface area contributed by atoms with Gasteiger partial charge in [-0.1, -0.05) is 0 Å². The predicted octanol–water partition coefficient (Wildman–Crippen LogP) is 1.36. The van der Waals surface area contributed by atoms with Crippen LogP contribution in [0.3, 0.4) is 0 Å². The Kier molecular flexibility index (Phi) is 3.49. The SMILES string of the molecule is CCNc1cncc(N(C)CC)n1. The second kappa shape index (κ2) is 4.64. The summed E-state index contributed by atoms with van der Waals surface area (Å²) in [5.41, 5.74) is 0. The fourth-order valence-electron chi connectivity index (χ4n) is 0.968. The molecule has 4 heteroatoms. The third-order valence-electron chi connectivity index (χ3n) is 1.85. The highest BCUT2D eigenvalue weighted by atomic mass is 15.2. The monoisotopic (exact) mass is 180 g/mol. The molecular formula is C9H16N4. The third-order valence-corrected chi connectivity index (χ3v) is 1.85. The van der Waals surface area contributed by atoms with Crippen LogP contribution < -0.4 is 10.2 Å². The molecule has 0 atom stereocenters. The minimum Gasteiger partial charge on any atom is -0.369 e. The average molecular weight is 180 g/mol. The Morgan fingerprint density at radius 2 is 2.15 bits per heavy atom. The largest absolute Gasteiger partial charge is 0.369 e. The molecule has 0 aromatic carbocycles. The van der Waals surface area contributed by atoms with Gasteiger partial charge in [0.25, 0.3) is 0 Å². The van der Waals surface area contributed by atoms with Crippen LogP contribution in [0, 0.1) is 0 Å². The van der Waals surface area contributed by atoms with Crippen LogP contribution in [0.15, 0.2) is 12.4 Å². The van der Waals surface area contributed by atoms with Gasteiger partial charge in [-0.25, -0.2) is 4.98 Å². The van der Waals surface area contributed by atoms with E-state index in [1.54, 1.807) is 12.4 Å². The minimum atomic E-state index is 0.834. The van der Waals surface area contributed by atoms with Crippen molar-refractivity contribution in [1.29, 1.82) is 0 Å². The molecule has 0 bridgehead atoms. The first-order valence-corrected chi connectivity index (χ1v) is 4.55. The number of nitrogens with zero attached hydrogens (tertiary/aromatic N) is 3. The van der Waals surface area contributed by atoms with E-state index in [2.05, 4.69) is 22.2 Å². The molecule has 0 aliphatic carbocycles. The van der Waals surface area contributed by atoms with Crippen molar-refractivity contribution in [2.24, 2.45) is 0 Å². The van der Waals surface area contributed by atoms with Gasteiger partial charge in [0.15, 0.2) is 0 Å². The summed E-state index contributed by atoms with van der Waals surface area (Å²) in [6.45, 7) is 5.93. The van der Waals surface area contributed by atoms with Crippen molar-refractivity contribution >= 4 is 11.6 Å². The Morgan fingerprint density at radius 1 is 1.38 bits per heavy atom. The topological polar surface area (TPSA) is 41.1 Å². The van der Waals surface area contributed by atoms with E-state index in [-0.39, 0.29) is 0 Å². The molecule has 0 saturated heterocycles. The zero-order valence-corrected chi connectivity index (χ0v) is 8.41. The van der Waals surface area contributed by atoms with E-state index in [1.807, 2.05) is 18.9 Å². The molecular weight excluding hydrogens is 164 g/mol. The van der Waals surface area contributed by atoms with Crippen LogP contribution in [0.25, 0.3) is 0 Å². The molecule has 1 heterocycles. The van der Waals surface area contributed by atoms with Crippen molar-refractivity contribution in [3.05, 3.63) is 12.4 Å². The molecule has 0 spiro atoms. The van der Waals surface area contributed by atoms with Crippen LogP contribution >= 0.6 is 0 Å². The fraction of sp³-hybridized carbons (Fsp3) is 0.556. The Balaban J connectivity index is 2.78. The van der Waals surface area contributed by atoms with E-state index in [0.29, 0.717) is 0 Å². The summed E-state index contributed by atoms with van der Waals surface area (Å²) >= 11 is 0. The maximum Gasteiger partial charge on any atom is 0.149 e. The van der Waals surface area contributed by atoms with Crippen LogP contribution in [0.5, 0.6) is 0 Å². The highest BCUT2D eigenvalue weighted by Gasteiger charge is 2.00. The first kappa shape index (κ1) is 9.77. The molecule has 0 saturated carbocycles. The smallest absolute Gasteiger partial charge is 0.149 e. The molecule has 1 aromatic heterocycles. The van der Waals surface area contributed by atoms with E-state index in [0.717, 1.165) is 24.7 Å². The van der Waals surface area contributed by atoms with Crippen LogP contribution in [-0.4, -0.2) is 30.1 Å². The van der Waals surface area contributed by atoms with Gasteiger partial charge in [-0.3, -0.25) is 4.98 Å². The number of rotatable bonds is 4. The van der Waals surface area contributed by atoms with Gasteiger partial charge in [0.05, 0.1) is 12.4 Å². The van der Waals surface area contributed by atoms with E-state index in [1.165, 1.54) is 0 Å². The molecule has 1 rings (SSSR count). The molecule has 0 aliphatic heterocycles. The molecule has 0 amide bonds. The third kappa shape index (κ3) is 2.57. The van der Waals surface area contributed by atoms with Gasteiger partial charge in [0.2, 0.25) is 0 Å². The number of anilines is 2. The van der Waals surface area contributed by atoms with E-state index < -0.39 is 0 Å². The van der Waals surface area contributed by atoms with Crippen LogP contribution in [0.1, 0.15) is 13.8 Å². The predicted molar refractivity (Wildman–Crippen MR) is 55.1 cm³/mol. The van der Waals surface area contributed by atoms with Gasteiger partial charge in [-0.15, -0.1) is 0 Å². The minimum absolute atomic E-state index is 0.834. The quantitative estimate of drug-likeness (QED) is 0.759. The van der Waals surface area contributed by atoms with Gasteiger partial charge >= 0.3 is 0 Å². The Hall–Kier alpha value is -1.32. The Bertz CT molecular complexity index is 262. The summed E-state index contributed by atoms with van der Waals surface area (Å²) in [6, 6.07) is 0. The first-order valence-electron chi connectivity index (χ1n) is 4.55. The van der Waals surface area contributed by atoms with E-state index >= 15 is 0 Å². The van der Waals surface area contributed by atoms with Crippen molar-refractivity contribution in [3.63, 3.8) is 0 Å². The molecule has 72 valence electrons. The lowest BCUT2D eigenvalue weighted by Gasteiger charge is -2.15. The van der Waals surface area contributed by atoms with Gasteiger partial charge in [0.1, 0.15) is 11.6 Å². The van der Waals surface area contributed by atoms with Crippen molar-refractivity contribution in [3.8, 4) is 0 Å². The number of hydrogen-bond donors (Lipinski definition) is 1. The lowest BCUT2D eigenvalue weighted by atomic mass is 10.5. The molecule has 1 aromatic rings. The van der Waals surface area contributed by atoms with Crippen molar-refractivity contribution in [1.82, 2.24) is 9.97 Å². The maximum atomic E-state index is 4.39. The molecule has 1 N–H and O–H groups in total. The van der Waals surface area contributed by atoms with Gasteiger partial charge < -0.3 is 10.2 Å². The molecule has 0 radical (unpaired) electrons. The van der Waals surface area contributed by atoms with E-state index in [9.17, 15) is 0 Å². The number of aromatic nitrogens is 2. The van der Waals surface area contributed by atoms with Crippen molar-refractivity contribution in [2.45, 2.75) is 13.8 Å². The molecule has 0 aliphatic rings. The summed E-state index contributed by atoms with van der Waals surface area (Å²) in [4.78, 5) is 10.5. The summed E-state index contributed by atoms with van der Waals surface area (Å²) in [7, 11) is 2.00. The van der Waals surface area contributed by atoms with Crippen molar-refractivity contribution < 1.29 is 0 Å². The zero-order chi connectivity index (χ0) is 9.68. The lowest BCUT2D eigenvalue weighted by Crippen LogP contribution is -2.18. The first-order chi connectivity index (χ1) is 6.27. The lowest BCUT2D eigenvalue weighted by molar-refractivity contribution is 0.926. The summed E-state index contributed by atoms with van der Waals surface area (Å²) in [5.74, 6) is 1.74. The zero-order valence-electron chi connectivity index (χ0n) is 8.41. The molecule has 0 fully saturated rings. The molecule has 4 nitrogen and oxygen atoms in total. The molecule has 13 heavy (non-hydrogen) atoms. The van der Waals surface area contributed by atoms with Gasteiger partial charge in [0, 0.05) is 20.1 Å². The average Bonchev–Trinajstić information content (AvgIpc) is 2.18. The standard InChI is InChI=1S/C9H16N4/c1-4-11-8-6-10-7-9(12-8)13(3)5-2/h6-7H,4-5H2,1-3H3,(H,11,12). The van der Waals surface area contributed by atoms with Crippen molar-refractivity contribution in [2.75, 3.05) is 30.4 Å². The Labute approximate surface area is 79.0 Å². The summed E-state index contributed by atoms with van der Waals surface area (Å²) < 4.78 is 0. The van der Waals surface area contributed by atoms with Crippen LogP contribution in [0.4, 0.5) is 11.6 Å². The second-order valence-electron chi connectivity index (χ2n) is 2.81. The van der Waals surface area contributed by atoms with E-state index in [4.69, 9.17) is 0 Å². The van der Waals surface area contributed by atoms with Gasteiger partial charge in [-0.2, -0.15) is 0 Å². The van der Waals surface area contributed by atoms with Crippen LogP contribution in [-0.2, 0) is 0 Å². The summed E-state index contributed by atoms with van der Waals surface area (Å²) in [5, 5.41) is 3.13. The fourth-order valence-corrected chi connectivity index (χ4v) is 0.968. The number of hydrogen-bond acceptors (Lipinski definition) is 4.